The second-order valence-electron chi connectivity index (χ2n) is 8.37. The number of alkyl halides is 1. The predicted octanol–water partition coefficient (Wildman–Crippen LogP) is 3.89. The van der Waals surface area contributed by atoms with Crippen molar-refractivity contribution < 1.29 is 14.0 Å². The maximum Gasteiger partial charge on any atom is 0.155 e. The number of carbonyl (C=O) groups is 2. The molecule has 0 spiro atoms. The van der Waals surface area contributed by atoms with E-state index in [-0.39, 0.29) is 23.4 Å². The first-order valence-electron chi connectivity index (χ1n) is 8.82. The Hall–Kier alpha value is -0.990. The van der Waals surface area contributed by atoms with E-state index in [2.05, 4.69) is 6.92 Å². The van der Waals surface area contributed by atoms with Gasteiger partial charge in [-0.05, 0) is 55.4 Å². The van der Waals surface area contributed by atoms with E-state index in [1.165, 1.54) is 5.57 Å². The fourth-order valence-corrected chi connectivity index (χ4v) is 6.35. The molecule has 120 valence electrons. The van der Waals surface area contributed by atoms with Crippen molar-refractivity contribution in [2.45, 2.75) is 58.5 Å². The van der Waals surface area contributed by atoms with Crippen LogP contribution < -0.4 is 0 Å². The van der Waals surface area contributed by atoms with E-state index in [4.69, 9.17) is 0 Å². The minimum absolute atomic E-state index is 0.0343. The zero-order chi connectivity index (χ0) is 15.6. The number of rotatable bonds is 0. The molecule has 0 aromatic carbocycles. The highest BCUT2D eigenvalue weighted by Crippen LogP contribution is 2.62. The van der Waals surface area contributed by atoms with Crippen LogP contribution in [-0.4, -0.2) is 17.7 Å². The molecule has 3 heteroatoms. The van der Waals surface area contributed by atoms with Crippen molar-refractivity contribution >= 4 is 11.6 Å². The second-order valence-corrected chi connectivity index (χ2v) is 8.37. The number of Topliss-reactive ketones (excluding diaryl/α,β-unsaturated/α-hetero) is 1. The molecule has 0 saturated heterocycles. The molecule has 4 aliphatic carbocycles. The molecule has 4 rings (SSSR count). The third-order valence-corrected chi connectivity index (χ3v) is 7.29. The lowest BCUT2D eigenvalue weighted by molar-refractivity contribution is -0.138. The van der Waals surface area contributed by atoms with Crippen LogP contribution in [0.15, 0.2) is 11.6 Å². The molecule has 0 aromatic rings. The van der Waals surface area contributed by atoms with Crippen molar-refractivity contribution in [2.75, 3.05) is 0 Å². The van der Waals surface area contributed by atoms with Gasteiger partial charge >= 0.3 is 0 Å². The topological polar surface area (TPSA) is 34.1 Å². The molecule has 3 fully saturated rings. The van der Waals surface area contributed by atoms with Crippen molar-refractivity contribution in [3.05, 3.63) is 11.6 Å². The lowest BCUT2D eigenvalue weighted by Gasteiger charge is -2.55. The van der Waals surface area contributed by atoms with E-state index in [1.807, 2.05) is 6.92 Å². The first-order valence-corrected chi connectivity index (χ1v) is 8.82. The molecule has 0 radical (unpaired) electrons. The van der Waals surface area contributed by atoms with Crippen LogP contribution in [0.1, 0.15) is 52.4 Å². The summed E-state index contributed by atoms with van der Waals surface area (Å²) in [5, 5.41) is 0. The van der Waals surface area contributed by atoms with E-state index >= 15 is 4.39 Å². The first kappa shape index (κ1) is 14.6. The van der Waals surface area contributed by atoms with Crippen LogP contribution in [0.2, 0.25) is 0 Å². The summed E-state index contributed by atoms with van der Waals surface area (Å²) in [5.74, 6) is 1.82. The summed E-state index contributed by atoms with van der Waals surface area (Å²) < 4.78 is 15.2. The Balaban J connectivity index is 1.74. The largest absolute Gasteiger partial charge is 0.299 e. The zero-order valence-electron chi connectivity index (χ0n) is 13.5. The molecular weight excluding hydrogens is 279 g/mol. The predicted molar refractivity (Wildman–Crippen MR) is 81.9 cm³/mol. The van der Waals surface area contributed by atoms with Gasteiger partial charge in [0.15, 0.2) is 5.78 Å². The number of hydrogen-bond donors (Lipinski definition) is 0. The van der Waals surface area contributed by atoms with Gasteiger partial charge in [-0.1, -0.05) is 19.4 Å². The molecule has 3 saturated carbocycles. The Kier molecular flexibility index (Phi) is 3.15. The molecule has 7 atom stereocenters. The van der Waals surface area contributed by atoms with E-state index in [9.17, 15) is 9.59 Å². The van der Waals surface area contributed by atoms with Crippen LogP contribution in [0.25, 0.3) is 0 Å². The van der Waals surface area contributed by atoms with Crippen molar-refractivity contribution in [1.82, 2.24) is 0 Å². The summed E-state index contributed by atoms with van der Waals surface area (Å²) in [4.78, 5) is 24.1. The molecule has 0 aliphatic heterocycles. The third kappa shape index (κ3) is 1.83. The molecule has 0 N–H and O–H groups in total. The summed E-state index contributed by atoms with van der Waals surface area (Å²) in [6, 6.07) is 0. The minimum Gasteiger partial charge on any atom is -0.299 e. The first-order chi connectivity index (χ1) is 10.4. The summed E-state index contributed by atoms with van der Waals surface area (Å²) >= 11 is 0. The van der Waals surface area contributed by atoms with E-state index in [0.717, 1.165) is 19.3 Å². The highest BCUT2D eigenvalue weighted by Gasteiger charge is 2.61. The highest BCUT2D eigenvalue weighted by molar-refractivity contribution is 5.91. The number of allylic oxidation sites excluding steroid dienone is 1. The van der Waals surface area contributed by atoms with Gasteiger partial charge in [-0.3, -0.25) is 9.59 Å². The molecule has 4 aliphatic rings. The van der Waals surface area contributed by atoms with Crippen LogP contribution in [0.4, 0.5) is 4.39 Å². The lowest BCUT2D eigenvalue weighted by Crippen LogP contribution is -2.54. The average molecular weight is 304 g/mol. The molecule has 0 amide bonds. The van der Waals surface area contributed by atoms with Gasteiger partial charge in [0.25, 0.3) is 0 Å². The van der Waals surface area contributed by atoms with Crippen LogP contribution in [0.3, 0.4) is 0 Å². The number of ketones is 2. The molecule has 22 heavy (non-hydrogen) atoms. The van der Waals surface area contributed by atoms with Gasteiger partial charge in [0.1, 0.15) is 12.0 Å². The fourth-order valence-electron chi connectivity index (χ4n) is 6.35. The molecule has 0 bridgehead atoms. The summed E-state index contributed by atoms with van der Waals surface area (Å²) in [5.41, 5.74) is 0.765. The van der Waals surface area contributed by atoms with E-state index < -0.39 is 11.6 Å². The maximum atomic E-state index is 15.2. The fraction of sp³-hybridized carbons (Fsp3) is 0.789. The Labute approximate surface area is 131 Å². The molecule has 0 heterocycles. The van der Waals surface area contributed by atoms with Gasteiger partial charge in [0, 0.05) is 24.2 Å². The van der Waals surface area contributed by atoms with Gasteiger partial charge in [-0.15, -0.1) is 0 Å². The van der Waals surface area contributed by atoms with Gasteiger partial charge in [0.05, 0.1) is 0 Å². The smallest absolute Gasteiger partial charge is 0.155 e. The number of fused-ring (bicyclic) bond motifs is 5. The normalized spacial score (nSPS) is 51.0. The van der Waals surface area contributed by atoms with Gasteiger partial charge in [-0.25, -0.2) is 4.39 Å². The summed E-state index contributed by atoms with van der Waals surface area (Å²) in [6.07, 6.45) is 5.20. The molecular formula is C19H25FO2. The molecule has 0 unspecified atom stereocenters. The quantitative estimate of drug-likeness (QED) is 0.680. The second kappa shape index (κ2) is 4.75. The molecule has 2 nitrogen and oxygen atoms in total. The van der Waals surface area contributed by atoms with Crippen molar-refractivity contribution in [3.63, 3.8) is 0 Å². The highest BCUT2D eigenvalue weighted by atomic mass is 19.1. The van der Waals surface area contributed by atoms with E-state index in [0.29, 0.717) is 37.0 Å². The monoisotopic (exact) mass is 304 g/mol. The van der Waals surface area contributed by atoms with Gasteiger partial charge < -0.3 is 0 Å². The Bertz CT molecular complexity index is 566. The number of hydrogen-bond acceptors (Lipinski definition) is 2. The summed E-state index contributed by atoms with van der Waals surface area (Å²) in [7, 11) is 0. The van der Waals surface area contributed by atoms with Crippen LogP contribution in [0.5, 0.6) is 0 Å². The average Bonchev–Trinajstić information content (AvgIpc) is 2.74. The lowest BCUT2D eigenvalue weighted by atomic mass is 9.49. The Morgan fingerprint density at radius 2 is 1.95 bits per heavy atom. The van der Waals surface area contributed by atoms with Crippen molar-refractivity contribution in [3.8, 4) is 0 Å². The van der Waals surface area contributed by atoms with Crippen LogP contribution >= 0.6 is 0 Å². The van der Waals surface area contributed by atoms with Gasteiger partial charge in [-0.2, -0.15) is 0 Å². The third-order valence-electron chi connectivity index (χ3n) is 7.29. The number of halogens is 1. The van der Waals surface area contributed by atoms with Crippen molar-refractivity contribution in [2.24, 2.45) is 35.0 Å². The summed E-state index contributed by atoms with van der Waals surface area (Å²) in [6.45, 7) is 4.22. The minimum atomic E-state index is -0.891. The van der Waals surface area contributed by atoms with Gasteiger partial charge in [0.2, 0.25) is 0 Å². The van der Waals surface area contributed by atoms with Crippen LogP contribution in [-0.2, 0) is 9.59 Å². The Morgan fingerprint density at radius 1 is 1.18 bits per heavy atom. The standard InChI is InChI=1S/C19H25FO2/c1-10-7-11-8-12(21)3-4-13(11)18-15(20)9-19(2)14(17(10)18)5-6-16(19)22/h8,10,13-15,17-18H,3-7,9H2,1-2H3/t10-,13+,14+,15+,17+,18+,19+/m1/s1. The maximum absolute atomic E-state index is 15.2. The van der Waals surface area contributed by atoms with Crippen molar-refractivity contribution in [1.29, 1.82) is 0 Å². The molecule has 0 aromatic heterocycles. The van der Waals surface area contributed by atoms with Crippen LogP contribution in [0, 0.1) is 35.0 Å². The Morgan fingerprint density at radius 3 is 2.73 bits per heavy atom. The number of carbonyl (C=O) groups excluding carboxylic acids is 2. The SMILES string of the molecule is C[C@@H]1CC2=CC(=O)CC[C@@H]2[C@@H]2[C@@H]1[C@@H]1CCC(=O)[C@@]1(C)C[C@@H]2F. The zero-order valence-corrected chi connectivity index (χ0v) is 13.5. The van der Waals surface area contributed by atoms with E-state index in [1.54, 1.807) is 6.08 Å².